The van der Waals surface area contributed by atoms with Gasteiger partial charge in [-0.3, -0.25) is 9.59 Å². The van der Waals surface area contributed by atoms with Crippen LogP contribution in [-0.4, -0.2) is 18.0 Å². The average molecular weight is 183 g/mol. The van der Waals surface area contributed by atoms with Gasteiger partial charge in [0.15, 0.2) is 0 Å². The van der Waals surface area contributed by atoms with Gasteiger partial charge in [0.2, 0.25) is 5.91 Å². The summed E-state index contributed by atoms with van der Waals surface area (Å²) in [6.45, 7) is 0. The molecule has 2 N–H and O–H groups in total. The minimum atomic E-state index is -0.676. The number of carbonyl (C=O) groups is 2. The summed E-state index contributed by atoms with van der Waals surface area (Å²) in [4.78, 5) is 22.2. The molecule has 0 unspecified atom stereocenters. The largest absolute Gasteiger partial charge is 0.461 e. The lowest BCUT2D eigenvalue weighted by Gasteiger charge is -2.23. The van der Waals surface area contributed by atoms with Crippen molar-refractivity contribution in [3.8, 4) is 0 Å². The summed E-state index contributed by atoms with van der Waals surface area (Å²) < 4.78 is 5.10. The summed E-state index contributed by atoms with van der Waals surface area (Å²) in [6.07, 6.45) is 3.89. The summed E-state index contributed by atoms with van der Waals surface area (Å²) in [5, 5.41) is 0. The summed E-state index contributed by atoms with van der Waals surface area (Å²) in [6, 6.07) is 0. The number of fused-ring (bicyclic) bond motifs is 1. The zero-order valence-corrected chi connectivity index (χ0v) is 7.36. The third-order valence-electron chi connectivity index (χ3n) is 3.01. The molecule has 4 nitrogen and oxygen atoms in total. The van der Waals surface area contributed by atoms with Crippen LogP contribution in [0.25, 0.3) is 0 Å². The second-order valence-corrected chi connectivity index (χ2v) is 3.80. The van der Waals surface area contributed by atoms with Crippen LogP contribution in [0.2, 0.25) is 0 Å². The Bertz CT molecular complexity index is 251. The Morgan fingerprint density at radius 3 is 2.77 bits per heavy atom. The van der Waals surface area contributed by atoms with Crippen LogP contribution in [0.3, 0.4) is 0 Å². The van der Waals surface area contributed by atoms with Crippen LogP contribution in [0.1, 0.15) is 25.7 Å². The lowest BCUT2D eigenvalue weighted by atomic mass is 9.80. The summed E-state index contributed by atoms with van der Waals surface area (Å²) in [7, 11) is 0. The molecule has 2 fully saturated rings. The maximum Gasteiger partial charge on any atom is 0.319 e. The lowest BCUT2D eigenvalue weighted by molar-refractivity contribution is -0.146. The molecule has 4 heteroatoms. The molecule has 2 rings (SSSR count). The molecule has 0 aromatic carbocycles. The Kier molecular flexibility index (Phi) is 1.98. The van der Waals surface area contributed by atoms with E-state index in [0.717, 1.165) is 25.7 Å². The van der Waals surface area contributed by atoms with E-state index in [9.17, 15) is 9.59 Å². The fourth-order valence-electron chi connectivity index (χ4n) is 2.38. The Labute approximate surface area is 76.4 Å². The number of primary amides is 1. The highest BCUT2D eigenvalue weighted by Gasteiger charge is 2.48. The van der Waals surface area contributed by atoms with Gasteiger partial charge >= 0.3 is 5.97 Å². The van der Waals surface area contributed by atoms with Gasteiger partial charge in [-0.25, -0.2) is 0 Å². The SMILES string of the molecule is NC(=O)[C@@H]1C(=O)O[C@H]2CCCC[C@@H]12. The van der Waals surface area contributed by atoms with E-state index in [2.05, 4.69) is 0 Å². The number of amides is 1. The molecular weight excluding hydrogens is 170 g/mol. The highest BCUT2D eigenvalue weighted by atomic mass is 16.6. The van der Waals surface area contributed by atoms with E-state index < -0.39 is 17.8 Å². The van der Waals surface area contributed by atoms with Crippen molar-refractivity contribution in [3.05, 3.63) is 0 Å². The van der Waals surface area contributed by atoms with E-state index in [4.69, 9.17) is 10.5 Å². The van der Waals surface area contributed by atoms with E-state index in [1.54, 1.807) is 0 Å². The first-order valence-electron chi connectivity index (χ1n) is 4.70. The van der Waals surface area contributed by atoms with E-state index >= 15 is 0 Å². The standard InChI is InChI=1S/C9H13NO3/c10-8(11)7-5-3-1-2-4-6(5)13-9(7)12/h5-7H,1-4H2,(H2,10,11)/t5-,6+,7-/m1/s1. The second kappa shape index (κ2) is 3.01. The predicted octanol–water partition coefficient (Wildman–Crippen LogP) is 0.203. The number of hydrogen-bond donors (Lipinski definition) is 1. The molecule has 72 valence electrons. The van der Waals surface area contributed by atoms with Gasteiger partial charge in [0.05, 0.1) is 0 Å². The molecule has 1 saturated heterocycles. The maximum absolute atomic E-state index is 11.3. The molecule has 13 heavy (non-hydrogen) atoms. The van der Waals surface area contributed by atoms with Crippen molar-refractivity contribution in [3.63, 3.8) is 0 Å². The first-order chi connectivity index (χ1) is 6.20. The quantitative estimate of drug-likeness (QED) is 0.466. The molecule has 1 saturated carbocycles. The molecule has 3 atom stereocenters. The van der Waals surface area contributed by atoms with Crippen LogP contribution in [0, 0.1) is 11.8 Å². The third-order valence-corrected chi connectivity index (χ3v) is 3.01. The van der Waals surface area contributed by atoms with Crippen LogP contribution in [0.5, 0.6) is 0 Å². The molecule has 0 aromatic rings. The molecule has 2 aliphatic rings. The third kappa shape index (κ3) is 1.30. The Hall–Kier alpha value is -1.06. The van der Waals surface area contributed by atoms with Gasteiger partial charge in [-0.2, -0.15) is 0 Å². The Balaban J connectivity index is 2.18. The van der Waals surface area contributed by atoms with E-state index in [0.29, 0.717) is 0 Å². The molecule has 1 heterocycles. The van der Waals surface area contributed by atoms with E-state index in [-0.39, 0.29) is 12.0 Å². The lowest BCUT2D eigenvalue weighted by Crippen LogP contribution is -2.34. The summed E-state index contributed by atoms with van der Waals surface area (Å²) >= 11 is 0. The number of ether oxygens (including phenoxy) is 1. The van der Waals surface area contributed by atoms with Crippen LogP contribution in [-0.2, 0) is 14.3 Å². The molecule has 1 aliphatic carbocycles. The van der Waals surface area contributed by atoms with Crippen molar-refractivity contribution >= 4 is 11.9 Å². The van der Waals surface area contributed by atoms with Gasteiger partial charge in [0.25, 0.3) is 0 Å². The zero-order valence-electron chi connectivity index (χ0n) is 7.36. The molecule has 0 bridgehead atoms. The minimum Gasteiger partial charge on any atom is -0.461 e. The van der Waals surface area contributed by atoms with Gasteiger partial charge < -0.3 is 10.5 Å². The average Bonchev–Trinajstić information content (AvgIpc) is 2.39. The van der Waals surface area contributed by atoms with Crippen molar-refractivity contribution in [2.45, 2.75) is 31.8 Å². The molecule has 1 amide bonds. The topological polar surface area (TPSA) is 69.4 Å². The normalized spacial score (nSPS) is 38.2. The van der Waals surface area contributed by atoms with Gasteiger partial charge in [0, 0.05) is 5.92 Å². The van der Waals surface area contributed by atoms with Crippen molar-refractivity contribution < 1.29 is 14.3 Å². The highest BCUT2D eigenvalue weighted by molar-refractivity contribution is 5.98. The number of carbonyl (C=O) groups excluding carboxylic acids is 2. The highest BCUT2D eigenvalue weighted by Crippen LogP contribution is 2.38. The first-order valence-corrected chi connectivity index (χ1v) is 4.70. The van der Waals surface area contributed by atoms with Gasteiger partial charge in [-0.15, -0.1) is 0 Å². The first kappa shape index (κ1) is 8.53. The predicted molar refractivity (Wildman–Crippen MR) is 44.5 cm³/mol. The van der Waals surface area contributed by atoms with Gasteiger partial charge in [0.1, 0.15) is 12.0 Å². The van der Waals surface area contributed by atoms with E-state index in [1.165, 1.54) is 0 Å². The molecular formula is C9H13NO3. The minimum absolute atomic E-state index is 0.0428. The fraction of sp³-hybridized carbons (Fsp3) is 0.778. The van der Waals surface area contributed by atoms with Crippen molar-refractivity contribution in [1.82, 2.24) is 0 Å². The number of nitrogens with two attached hydrogens (primary N) is 1. The van der Waals surface area contributed by atoms with Gasteiger partial charge in [-0.1, -0.05) is 6.42 Å². The number of hydrogen-bond acceptors (Lipinski definition) is 3. The number of rotatable bonds is 1. The van der Waals surface area contributed by atoms with Crippen LogP contribution in [0.4, 0.5) is 0 Å². The molecule has 0 aromatic heterocycles. The zero-order chi connectivity index (χ0) is 9.42. The molecule has 0 radical (unpaired) electrons. The van der Waals surface area contributed by atoms with Gasteiger partial charge in [-0.05, 0) is 19.3 Å². The Morgan fingerprint density at radius 1 is 1.38 bits per heavy atom. The number of esters is 1. The second-order valence-electron chi connectivity index (χ2n) is 3.80. The van der Waals surface area contributed by atoms with Crippen LogP contribution < -0.4 is 5.73 Å². The van der Waals surface area contributed by atoms with E-state index in [1.807, 2.05) is 0 Å². The molecule has 1 aliphatic heterocycles. The van der Waals surface area contributed by atoms with Crippen molar-refractivity contribution in [1.29, 1.82) is 0 Å². The van der Waals surface area contributed by atoms with Crippen molar-refractivity contribution in [2.24, 2.45) is 17.6 Å². The fourth-order valence-corrected chi connectivity index (χ4v) is 2.38. The van der Waals surface area contributed by atoms with Crippen LogP contribution in [0.15, 0.2) is 0 Å². The summed E-state index contributed by atoms with van der Waals surface area (Å²) in [5.74, 6) is -1.56. The Morgan fingerprint density at radius 2 is 2.08 bits per heavy atom. The molecule has 0 spiro atoms. The maximum atomic E-state index is 11.3. The van der Waals surface area contributed by atoms with Crippen molar-refractivity contribution in [2.75, 3.05) is 0 Å². The smallest absolute Gasteiger partial charge is 0.319 e. The summed E-state index contributed by atoms with van der Waals surface area (Å²) in [5.41, 5.74) is 5.16. The van der Waals surface area contributed by atoms with Crippen LogP contribution >= 0.6 is 0 Å². The monoisotopic (exact) mass is 183 g/mol.